The van der Waals surface area contributed by atoms with Gasteiger partial charge in [-0.1, -0.05) is 37.5 Å². The van der Waals surface area contributed by atoms with Gasteiger partial charge in [0.2, 0.25) is 11.8 Å². The van der Waals surface area contributed by atoms with Crippen LogP contribution in [0.3, 0.4) is 0 Å². The molecule has 1 saturated heterocycles. The first kappa shape index (κ1) is 17.8. The highest BCUT2D eigenvalue weighted by Crippen LogP contribution is 2.38. The van der Waals surface area contributed by atoms with E-state index in [-0.39, 0.29) is 23.8 Å². The Kier molecular flexibility index (Phi) is 5.61. The number of fused-ring (bicyclic) bond motifs is 1. The Morgan fingerprint density at radius 3 is 2.40 bits per heavy atom. The van der Waals surface area contributed by atoms with Crippen LogP contribution in [0.2, 0.25) is 0 Å². The second-order valence-corrected chi connectivity index (χ2v) is 7.37. The van der Waals surface area contributed by atoms with Crippen LogP contribution in [0.25, 0.3) is 0 Å². The van der Waals surface area contributed by atoms with Crippen molar-refractivity contribution in [2.24, 2.45) is 5.73 Å². The number of carbonyl (C=O) groups is 2. The van der Waals surface area contributed by atoms with Gasteiger partial charge in [-0.2, -0.15) is 0 Å². The Bertz CT molecular complexity index is 623. The Hall–Kier alpha value is -2.04. The Morgan fingerprint density at radius 2 is 1.72 bits per heavy atom. The molecule has 2 N–H and O–H groups in total. The average Bonchev–Trinajstić information content (AvgIpc) is 2.56. The topological polar surface area (TPSA) is 66.6 Å². The molecule has 0 aliphatic carbocycles. The zero-order valence-electron chi connectivity index (χ0n) is 15.1. The molecule has 2 aliphatic rings. The molecule has 0 saturated carbocycles. The predicted octanol–water partition coefficient (Wildman–Crippen LogP) is 2.65. The summed E-state index contributed by atoms with van der Waals surface area (Å²) in [5.41, 5.74) is 7.54. The van der Waals surface area contributed by atoms with Gasteiger partial charge < -0.3 is 15.5 Å². The van der Waals surface area contributed by atoms with E-state index in [0.717, 1.165) is 37.2 Å². The standard InChI is InChI=1S/C20H29N3O2/c1-15-13-17(20(21)25)16-9-5-6-10-18(16)23(15)14-19(24)22-11-7-3-2-4-8-12-22/h5-6,9-10,15,17H,2-4,7-8,11-14H2,1H3,(H2,21,25)/t15-,17-/m0/s1. The summed E-state index contributed by atoms with van der Waals surface area (Å²) in [5.74, 6) is -0.352. The number of amides is 2. The summed E-state index contributed by atoms with van der Waals surface area (Å²) in [6, 6.07) is 7.98. The van der Waals surface area contributed by atoms with Crippen molar-refractivity contribution in [3.63, 3.8) is 0 Å². The van der Waals surface area contributed by atoms with Gasteiger partial charge in [0.25, 0.3) is 0 Å². The van der Waals surface area contributed by atoms with Gasteiger partial charge >= 0.3 is 0 Å². The fourth-order valence-corrected chi connectivity index (χ4v) is 4.13. The maximum atomic E-state index is 12.9. The van der Waals surface area contributed by atoms with Gasteiger partial charge in [-0.25, -0.2) is 0 Å². The van der Waals surface area contributed by atoms with E-state index in [9.17, 15) is 9.59 Å². The Morgan fingerprint density at radius 1 is 1.08 bits per heavy atom. The molecule has 3 rings (SSSR count). The minimum Gasteiger partial charge on any atom is -0.369 e. The molecule has 2 atom stereocenters. The smallest absolute Gasteiger partial charge is 0.242 e. The van der Waals surface area contributed by atoms with E-state index >= 15 is 0 Å². The Labute approximate surface area is 150 Å². The van der Waals surface area contributed by atoms with E-state index in [1.807, 2.05) is 29.2 Å². The molecular formula is C20H29N3O2. The number of rotatable bonds is 3. The van der Waals surface area contributed by atoms with Gasteiger partial charge in [-0.05, 0) is 37.8 Å². The molecule has 5 nitrogen and oxygen atoms in total. The van der Waals surface area contributed by atoms with Crippen LogP contribution in [0, 0.1) is 0 Å². The molecule has 5 heteroatoms. The van der Waals surface area contributed by atoms with E-state index in [1.165, 1.54) is 19.3 Å². The molecule has 2 heterocycles. The predicted molar refractivity (Wildman–Crippen MR) is 99.5 cm³/mol. The molecule has 0 unspecified atom stereocenters. The van der Waals surface area contributed by atoms with Crippen molar-refractivity contribution in [3.05, 3.63) is 29.8 Å². The van der Waals surface area contributed by atoms with Crippen molar-refractivity contribution in [1.82, 2.24) is 4.90 Å². The van der Waals surface area contributed by atoms with Crippen LogP contribution in [0.5, 0.6) is 0 Å². The lowest BCUT2D eigenvalue weighted by Crippen LogP contribution is -2.48. The zero-order valence-corrected chi connectivity index (χ0v) is 15.1. The summed E-state index contributed by atoms with van der Waals surface area (Å²) in [5, 5.41) is 0. The fraction of sp³-hybridized carbons (Fsp3) is 0.600. The molecule has 136 valence electrons. The average molecular weight is 343 g/mol. The highest BCUT2D eigenvalue weighted by atomic mass is 16.2. The molecule has 1 aromatic carbocycles. The zero-order chi connectivity index (χ0) is 17.8. The summed E-state index contributed by atoms with van der Waals surface area (Å²) < 4.78 is 0. The van der Waals surface area contributed by atoms with Crippen molar-refractivity contribution < 1.29 is 9.59 Å². The molecule has 2 aliphatic heterocycles. The fourth-order valence-electron chi connectivity index (χ4n) is 4.13. The molecule has 25 heavy (non-hydrogen) atoms. The van der Waals surface area contributed by atoms with E-state index < -0.39 is 0 Å². The third-order valence-electron chi connectivity index (χ3n) is 5.59. The number of primary amides is 1. The van der Waals surface area contributed by atoms with Crippen molar-refractivity contribution in [2.75, 3.05) is 24.5 Å². The van der Waals surface area contributed by atoms with Crippen molar-refractivity contribution in [1.29, 1.82) is 0 Å². The van der Waals surface area contributed by atoms with Crippen LogP contribution >= 0.6 is 0 Å². The van der Waals surface area contributed by atoms with Crippen molar-refractivity contribution >= 4 is 17.5 Å². The van der Waals surface area contributed by atoms with Crippen LogP contribution < -0.4 is 10.6 Å². The molecule has 1 fully saturated rings. The van der Waals surface area contributed by atoms with Gasteiger partial charge in [-0.15, -0.1) is 0 Å². The summed E-state index contributed by atoms with van der Waals surface area (Å²) in [4.78, 5) is 28.9. The number of likely N-dealkylation sites (tertiary alicyclic amines) is 1. The van der Waals surface area contributed by atoms with Gasteiger partial charge in [0.15, 0.2) is 0 Å². The highest BCUT2D eigenvalue weighted by molar-refractivity contribution is 5.87. The summed E-state index contributed by atoms with van der Waals surface area (Å²) in [6.07, 6.45) is 6.58. The van der Waals surface area contributed by atoms with E-state index in [4.69, 9.17) is 5.73 Å². The van der Waals surface area contributed by atoms with Gasteiger partial charge in [-0.3, -0.25) is 9.59 Å². The molecule has 0 spiro atoms. The first-order valence-corrected chi connectivity index (χ1v) is 9.50. The molecule has 1 aromatic rings. The maximum Gasteiger partial charge on any atom is 0.242 e. The van der Waals surface area contributed by atoms with Gasteiger partial charge in [0.05, 0.1) is 12.5 Å². The second kappa shape index (κ2) is 7.89. The monoisotopic (exact) mass is 343 g/mol. The van der Waals surface area contributed by atoms with Crippen LogP contribution in [-0.2, 0) is 9.59 Å². The quantitative estimate of drug-likeness (QED) is 0.917. The SMILES string of the molecule is C[C@H]1C[C@H](C(N)=O)c2ccccc2N1CC(=O)N1CCCCCCC1. The lowest BCUT2D eigenvalue weighted by molar-refractivity contribution is -0.130. The van der Waals surface area contributed by atoms with Crippen LogP contribution in [0.15, 0.2) is 24.3 Å². The molecule has 0 radical (unpaired) electrons. The third-order valence-corrected chi connectivity index (χ3v) is 5.59. The van der Waals surface area contributed by atoms with E-state index in [2.05, 4.69) is 11.8 Å². The number of hydrogen-bond donors (Lipinski definition) is 1. The maximum absolute atomic E-state index is 12.9. The molecule has 0 bridgehead atoms. The number of anilines is 1. The largest absolute Gasteiger partial charge is 0.369 e. The number of carbonyl (C=O) groups excluding carboxylic acids is 2. The summed E-state index contributed by atoms with van der Waals surface area (Å²) in [7, 11) is 0. The molecule has 0 aromatic heterocycles. The van der Waals surface area contributed by atoms with E-state index in [0.29, 0.717) is 13.0 Å². The number of hydrogen-bond acceptors (Lipinski definition) is 3. The lowest BCUT2D eigenvalue weighted by atomic mass is 9.85. The third kappa shape index (κ3) is 3.97. The molecular weight excluding hydrogens is 314 g/mol. The van der Waals surface area contributed by atoms with Gasteiger partial charge in [0, 0.05) is 24.8 Å². The van der Waals surface area contributed by atoms with Gasteiger partial charge in [0.1, 0.15) is 0 Å². The summed E-state index contributed by atoms with van der Waals surface area (Å²) >= 11 is 0. The first-order chi connectivity index (χ1) is 12.1. The van der Waals surface area contributed by atoms with Crippen molar-refractivity contribution in [2.45, 2.75) is 57.4 Å². The number of nitrogens with zero attached hydrogens (tertiary/aromatic N) is 2. The second-order valence-electron chi connectivity index (χ2n) is 7.37. The van der Waals surface area contributed by atoms with Crippen LogP contribution in [0.4, 0.5) is 5.69 Å². The lowest BCUT2D eigenvalue weighted by Gasteiger charge is -2.40. The van der Waals surface area contributed by atoms with Crippen molar-refractivity contribution in [3.8, 4) is 0 Å². The van der Waals surface area contributed by atoms with E-state index in [1.54, 1.807) is 0 Å². The highest BCUT2D eigenvalue weighted by Gasteiger charge is 2.34. The normalized spacial score (nSPS) is 24.2. The summed E-state index contributed by atoms with van der Waals surface area (Å²) in [6.45, 7) is 4.19. The number of nitrogens with two attached hydrogens (primary N) is 1. The first-order valence-electron chi connectivity index (χ1n) is 9.50. The van der Waals surface area contributed by atoms with Crippen LogP contribution in [0.1, 0.15) is 56.9 Å². The Balaban J connectivity index is 1.77. The molecule has 2 amide bonds. The number of para-hydroxylation sites is 1. The minimum atomic E-state index is -0.283. The minimum absolute atomic E-state index is 0.117. The van der Waals surface area contributed by atoms with Crippen LogP contribution in [-0.4, -0.2) is 42.4 Å². The number of benzene rings is 1.